The van der Waals surface area contributed by atoms with Crippen LogP contribution in [0.2, 0.25) is 5.02 Å². The first-order valence-corrected chi connectivity index (χ1v) is 13.2. The molecule has 0 saturated heterocycles. The SMILES string of the molecule is CCCC1=C(C(=O)OCC)[C@H](c2cc(Cl)ccc2OC)n2c(s/c(=C/c3ccc(OC)cc3C)c2=O)=N1. The lowest BCUT2D eigenvalue weighted by Gasteiger charge is -2.27. The van der Waals surface area contributed by atoms with E-state index in [1.165, 1.54) is 11.3 Å². The molecule has 4 rings (SSSR count). The Kier molecular flexibility index (Phi) is 8.19. The highest BCUT2D eigenvalue weighted by atomic mass is 35.5. The fourth-order valence-corrected chi connectivity index (χ4v) is 5.60. The van der Waals surface area contributed by atoms with E-state index in [4.69, 9.17) is 30.8 Å². The zero-order chi connectivity index (χ0) is 26.7. The van der Waals surface area contributed by atoms with Crippen LogP contribution >= 0.6 is 22.9 Å². The van der Waals surface area contributed by atoms with Crippen LogP contribution in [0.5, 0.6) is 11.5 Å². The van der Waals surface area contributed by atoms with Crippen LogP contribution in [0, 0.1) is 6.92 Å². The largest absolute Gasteiger partial charge is 0.497 e. The van der Waals surface area contributed by atoms with Crippen molar-refractivity contribution in [2.24, 2.45) is 4.99 Å². The lowest BCUT2D eigenvalue weighted by molar-refractivity contribution is -0.139. The predicted octanol–water partition coefficient (Wildman–Crippen LogP) is 4.56. The molecule has 0 bridgehead atoms. The van der Waals surface area contributed by atoms with Gasteiger partial charge >= 0.3 is 5.97 Å². The standard InChI is InChI=1S/C28H29ClN2O5S/c1-6-8-21-24(27(33)36-7-2)25(20-15-18(29)10-12-22(20)35-5)31-26(32)23(37-28(31)30-21)14-17-9-11-19(34-4)13-16(17)3/h9-15,25H,6-8H2,1-5H3/b23-14+/t25-/m0/s1. The van der Waals surface area contributed by atoms with Gasteiger partial charge in [-0.15, -0.1) is 0 Å². The maximum absolute atomic E-state index is 13.9. The summed E-state index contributed by atoms with van der Waals surface area (Å²) in [4.78, 5) is 32.5. The van der Waals surface area contributed by atoms with E-state index in [1.54, 1.807) is 43.9 Å². The molecular weight excluding hydrogens is 512 g/mol. The molecule has 194 valence electrons. The summed E-state index contributed by atoms with van der Waals surface area (Å²) in [7, 11) is 3.16. The molecule has 2 aromatic carbocycles. The highest BCUT2D eigenvalue weighted by Gasteiger charge is 2.36. The van der Waals surface area contributed by atoms with Crippen molar-refractivity contribution in [1.82, 2.24) is 4.57 Å². The van der Waals surface area contributed by atoms with Crippen LogP contribution in [-0.2, 0) is 9.53 Å². The van der Waals surface area contributed by atoms with E-state index in [0.29, 0.717) is 43.4 Å². The number of thiazole rings is 1. The second-order valence-corrected chi connectivity index (χ2v) is 9.97. The van der Waals surface area contributed by atoms with Crippen molar-refractivity contribution in [1.29, 1.82) is 0 Å². The van der Waals surface area contributed by atoms with E-state index in [9.17, 15) is 9.59 Å². The van der Waals surface area contributed by atoms with Gasteiger partial charge in [0.25, 0.3) is 5.56 Å². The fraction of sp³-hybridized carbons (Fsp3) is 0.321. The number of nitrogens with zero attached hydrogens (tertiary/aromatic N) is 2. The van der Waals surface area contributed by atoms with Crippen molar-refractivity contribution in [3.05, 3.63) is 89.1 Å². The van der Waals surface area contributed by atoms with Crippen LogP contribution in [-0.4, -0.2) is 31.4 Å². The number of fused-ring (bicyclic) bond motifs is 1. The first-order chi connectivity index (χ1) is 17.8. The third-order valence-corrected chi connectivity index (χ3v) is 7.36. The summed E-state index contributed by atoms with van der Waals surface area (Å²) in [6.07, 6.45) is 3.16. The summed E-state index contributed by atoms with van der Waals surface area (Å²) in [5.41, 5.74) is 3.11. The number of esters is 1. The number of methoxy groups -OCH3 is 2. The molecule has 2 heterocycles. The van der Waals surface area contributed by atoms with E-state index in [0.717, 1.165) is 23.3 Å². The number of aryl methyl sites for hydroxylation is 1. The van der Waals surface area contributed by atoms with Gasteiger partial charge in [0, 0.05) is 10.6 Å². The summed E-state index contributed by atoms with van der Waals surface area (Å²) in [5, 5.41) is 0.462. The molecule has 0 unspecified atom stereocenters. The van der Waals surface area contributed by atoms with Gasteiger partial charge in [0.15, 0.2) is 4.80 Å². The van der Waals surface area contributed by atoms with Crippen molar-refractivity contribution >= 4 is 35.0 Å². The zero-order valence-electron chi connectivity index (χ0n) is 21.5. The quantitative estimate of drug-likeness (QED) is 0.391. The molecule has 1 aromatic heterocycles. The number of carbonyl (C=O) groups is 1. The Bertz CT molecular complexity index is 1550. The summed E-state index contributed by atoms with van der Waals surface area (Å²) in [6.45, 7) is 5.92. The highest BCUT2D eigenvalue weighted by molar-refractivity contribution is 7.07. The number of aromatic nitrogens is 1. The smallest absolute Gasteiger partial charge is 0.338 e. The van der Waals surface area contributed by atoms with Crippen LogP contribution in [0.25, 0.3) is 6.08 Å². The molecule has 1 atom stereocenters. The molecule has 9 heteroatoms. The first-order valence-electron chi connectivity index (χ1n) is 12.0. The third kappa shape index (κ3) is 5.22. The van der Waals surface area contributed by atoms with Gasteiger partial charge < -0.3 is 14.2 Å². The lowest BCUT2D eigenvalue weighted by Crippen LogP contribution is -2.40. The summed E-state index contributed by atoms with van der Waals surface area (Å²) in [6, 6.07) is 10.1. The molecule has 0 aliphatic carbocycles. The molecule has 0 N–H and O–H groups in total. The number of benzene rings is 2. The number of hydrogen-bond acceptors (Lipinski definition) is 7. The summed E-state index contributed by atoms with van der Waals surface area (Å²) in [5.74, 6) is 0.740. The fourth-order valence-electron chi connectivity index (χ4n) is 4.41. The van der Waals surface area contributed by atoms with Crippen LogP contribution < -0.4 is 24.4 Å². The number of carbonyl (C=O) groups excluding carboxylic acids is 1. The average Bonchev–Trinajstić information content (AvgIpc) is 3.19. The van der Waals surface area contributed by atoms with Gasteiger partial charge in [-0.25, -0.2) is 9.79 Å². The Labute approximate surface area is 224 Å². The second kappa shape index (κ2) is 11.4. The second-order valence-electron chi connectivity index (χ2n) is 8.52. The molecule has 1 aliphatic rings. The molecule has 3 aromatic rings. The number of halogens is 1. The summed E-state index contributed by atoms with van der Waals surface area (Å²) < 4.78 is 18.4. The van der Waals surface area contributed by atoms with Gasteiger partial charge in [-0.1, -0.05) is 42.3 Å². The molecular formula is C28H29ClN2O5S. The molecule has 7 nitrogen and oxygen atoms in total. The van der Waals surface area contributed by atoms with Gasteiger partial charge in [0.2, 0.25) is 0 Å². The van der Waals surface area contributed by atoms with Crippen LogP contribution in [0.3, 0.4) is 0 Å². The van der Waals surface area contributed by atoms with Crippen molar-refractivity contribution in [3.8, 4) is 11.5 Å². The lowest BCUT2D eigenvalue weighted by atomic mass is 9.93. The minimum absolute atomic E-state index is 0.197. The summed E-state index contributed by atoms with van der Waals surface area (Å²) >= 11 is 7.67. The van der Waals surface area contributed by atoms with Gasteiger partial charge in [-0.2, -0.15) is 0 Å². The molecule has 0 amide bonds. The Hall–Kier alpha value is -3.36. The van der Waals surface area contributed by atoms with Crippen LogP contribution in [0.4, 0.5) is 0 Å². The highest BCUT2D eigenvalue weighted by Crippen LogP contribution is 2.38. The topological polar surface area (TPSA) is 79.1 Å². The normalized spacial score (nSPS) is 15.3. The Morgan fingerprint density at radius 1 is 1.16 bits per heavy atom. The minimum Gasteiger partial charge on any atom is -0.497 e. The molecule has 1 aliphatic heterocycles. The minimum atomic E-state index is -0.801. The Balaban J connectivity index is 2.04. The van der Waals surface area contributed by atoms with Crippen molar-refractivity contribution < 1.29 is 19.0 Å². The van der Waals surface area contributed by atoms with Crippen molar-refractivity contribution in [2.45, 2.75) is 39.7 Å². The Morgan fingerprint density at radius 2 is 1.95 bits per heavy atom. The number of hydrogen-bond donors (Lipinski definition) is 0. The van der Waals surface area contributed by atoms with E-state index in [1.807, 2.05) is 38.1 Å². The number of allylic oxidation sites excluding steroid dienone is 1. The Morgan fingerprint density at radius 3 is 2.59 bits per heavy atom. The maximum atomic E-state index is 13.9. The van der Waals surface area contributed by atoms with Crippen LogP contribution in [0.15, 0.2) is 57.5 Å². The molecule has 0 saturated carbocycles. The van der Waals surface area contributed by atoms with Gasteiger partial charge in [0.1, 0.15) is 17.5 Å². The zero-order valence-corrected chi connectivity index (χ0v) is 23.0. The third-order valence-electron chi connectivity index (χ3n) is 6.14. The van der Waals surface area contributed by atoms with E-state index in [2.05, 4.69) is 0 Å². The number of ether oxygens (including phenoxy) is 3. The maximum Gasteiger partial charge on any atom is 0.338 e. The van der Waals surface area contributed by atoms with Gasteiger partial charge in [-0.3, -0.25) is 9.36 Å². The predicted molar refractivity (Wildman–Crippen MR) is 145 cm³/mol. The molecule has 0 radical (unpaired) electrons. The monoisotopic (exact) mass is 540 g/mol. The molecule has 37 heavy (non-hydrogen) atoms. The molecule has 0 fully saturated rings. The number of rotatable bonds is 8. The van der Waals surface area contributed by atoms with Gasteiger partial charge in [0.05, 0.1) is 36.6 Å². The van der Waals surface area contributed by atoms with Crippen molar-refractivity contribution in [3.63, 3.8) is 0 Å². The van der Waals surface area contributed by atoms with Gasteiger partial charge in [-0.05, 0) is 67.8 Å². The first kappa shape index (κ1) is 26.7. The van der Waals surface area contributed by atoms with E-state index in [-0.39, 0.29) is 12.2 Å². The van der Waals surface area contributed by atoms with E-state index < -0.39 is 12.0 Å². The van der Waals surface area contributed by atoms with Crippen molar-refractivity contribution in [2.75, 3.05) is 20.8 Å². The van der Waals surface area contributed by atoms with Crippen LogP contribution in [0.1, 0.15) is 49.4 Å². The average molecular weight is 541 g/mol. The van der Waals surface area contributed by atoms with E-state index >= 15 is 0 Å². The molecule has 0 spiro atoms.